The van der Waals surface area contributed by atoms with Gasteiger partial charge in [0, 0.05) is 42.0 Å². The minimum absolute atomic E-state index is 0.0339. The number of ketones is 1. The monoisotopic (exact) mass is 355 g/mol. The van der Waals surface area contributed by atoms with E-state index in [1.807, 2.05) is 38.6 Å². The maximum Gasteiger partial charge on any atom is 0.178 e. The highest BCUT2D eigenvalue weighted by molar-refractivity contribution is 6.10. The summed E-state index contributed by atoms with van der Waals surface area (Å²) in [7, 11) is 0. The number of aromatic nitrogens is 3. The first-order chi connectivity index (χ1) is 12.1. The maximum atomic E-state index is 12.0. The van der Waals surface area contributed by atoms with Gasteiger partial charge < -0.3 is 10.7 Å². The van der Waals surface area contributed by atoms with Gasteiger partial charge in [-0.25, -0.2) is 4.98 Å². The highest BCUT2D eigenvalue weighted by Crippen LogP contribution is 2.32. The molecule has 2 rings (SSSR count). The summed E-state index contributed by atoms with van der Waals surface area (Å²) in [6.07, 6.45) is 3.75. The van der Waals surface area contributed by atoms with Crippen molar-refractivity contribution >= 4 is 17.3 Å². The molecule has 0 unspecified atom stereocenters. The van der Waals surface area contributed by atoms with E-state index in [-0.39, 0.29) is 23.8 Å². The molecule has 0 fully saturated rings. The van der Waals surface area contributed by atoms with E-state index in [2.05, 4.69) is 29.2 Å². The van der Waals surface area contributed by atoms with Crippen molar-refractivity contribution in [2.24, 2.45) is 5.92 Å². The molecule has 0 aliphatic carbocycles. The normalized spacial score (nSPS) is 11.5. The van der Waals surface area contributed by atoms with Crippen molar-refractivity contribution in [3.05, 3.63) is 29.7 Å². The third-order valence-electron chi connectivity index (χ3n) is 4.09. The molecule has 0 saturated heterocycles. The van der Waals surface area contributed by atoms with Crippen LogP contribution in [-0.2, 0) is 0 Å². The lowest BCUT2D eigenvalue weighted by molar-refractivity contribution is 0.101. The zero-order chi connectivity index (χ0) is 19.6. The average molecular weight is 355 g/mol. The van der Waals surface area contributed by atoms with Crippen LogP contribution in [0.2, 0.25) is 0 Å². The van der Waals surface area contributed by atoms with Gasteiger partial charge in [-0.15, -0.1) is 0 Å². The molecule has 0 bridgehead atoms. The van der Waals surface area contributed by atoms with Crippen molar-refractivity contribution in [2.75, 3.05) is 5.32 Å². The lowest BCUT2D eigenvalue weighted by Gasteiger charge is -2.20. The molecule has 0 aromatic carbocycles. The molecule has 0 amide bonds. The number of hydrogen-bond acceptors (Lipinski definition) is 5. The molecular formula is C20H29N5O. The SMILES string of the molecule is CC(=O)c1cc(-c2cnn(C(C)C)c2)c(C(=N)C(C)C)c(NC(C)C)n1. The fraction of sp³-hybridized carbons (Fsp3) is 0.500. The Bertz CT molecular complexity index is 818. The molecule has 2 heterocycles. The summed E-state index contributed by atoms with van der Waals surface area (Å²) in [6, 6.07) is 2.15. The van der Waals surface area contributed by atoms with E-state index >= 15 is 0 Å². The highest BCUT2D eigenvalue weighted by atomic mass is 16.1. The number of Topliss-reactive ketones (excluding diaryl/α,β-unsaturated/α-hetero) is 1. The largest absolute Gasteiger partial charge is 0.367 e. The van der Waals surface area contributed by atoms with E-state index in [4.69, 9.17) is 5.41 Å². The number of nitrogens with one attached hydrogen (secondary N) is 2. The fourth-order valence-corrected chi connectivity index (χ4v) is 2.65. The van der Waals surface area contributed by atoms with Crippen LogP contribution in [0, 0.1) is 11.3 Å². The first-order valence-corrected chi connectivity index (χ1v) is 9.07. The van der Waals surface area contributed by atoms with Gasteiger partial charge in [0.2, 0.25) is 0 Å². The standard InChI is InChI=1S/C20H29N5O/c1-11(2)19(21)18-16(15-9-22-25(10-15)13(5)6)8-17(14(7)26)24-20(18)23-12(3)4/h8-13,21H,1-7H3,(H,23,24). The number of nitrogens with zero attached hydrogens (tertiary/aromatic N) is 3. The number of pyridine rings is 1. The van der Waals surface area contributed by atoms with E-state index < -0.39 is 0 Å². The smallest absolute Gasteiger partial charge is 0.178 e. The molecule has 2 aromatic heterocycles. The summed E-state index contributed by atoms with van der Waals surface area (Å²) in [4.78, 5) is 16.5. The molecular weight excluding hydrogens is 326 g/mol. The van der Waals surface area contributed by atoms with E-state index in [9.17, 15) is 4.79 Å². The van der Waals surface area contributed by atoms with Crippen molar-refractivity contribution in [1.82, 2.24) is 14.8 Å². The summed E-state index contributed by atoms with van der Waals surface area (Å²) in [5.74, 6) is 0.516. The molecule has 0 aliphatic rings. The first-order valence-electron chi connectivity index (χ1n) is 9.07. The van der Waals surface area contributed by atoms with Gasteiger partial charge in [-0.05, 0) is 45.2 Å². The van der Waals surface area contributed by atoms with Crippen molar-refractivity contribution in [3.8, 4) is 11.1 Å². The molecule has 0 atom stereocenters. The van der Waals surface area contributed by atoms with Crippen LogP contribution < -0.4 is 5.32 Å². The Kier molecular flexibility index (Phi) is 5.95. The Morgan fingerprint density at radius 3 is 2.31 bits per heavy atom. The predicted molar refractivity (Wildman–Crippen MR) is 106 cm³/mol. The van der Waals surface area contributed by atoms with Crippen LogP contribution >= 0.6 is 0 Å². The topological polar surface area (TPSA) is 83.7 Å². The Labute approximate surface area is 155 Å². The van der Waals surface area contributed by atoms with Crippen molar-refractivity contribution < 1.29 is 4.79 Å². The van der Waals surface area contributed by atoms with Gasteiger partial charge in [0.15, 0.2) is 5.78 Å². The van der Waals surface area contributed by atoms with Crippen LogP contribution in [0.4, 0.5) is 5.82 Å². The molecule has 0 spiro atoms. The van der Waals surface area contributed by atoms with Crippen LogP contribution in [0.25, 0.3) is 11.1 Å². The molecule has 140 valence electrons. The molecule has 0 aliphatic heterocycles. The zero-order valence-corrected chi connectivity index (χ0v) is 16.7. The second kappa shape index (κ2) is 7.81. The average Bonchev–Trinajstić information content (AvgIpc) is 3.02. The third kappa shape index (κ3) is 4.18. The minimum Gasteiger partial charge on any atom is -0.367 e. The minimum atomic E-state index is -0.100. The fourth-order valence-electron chi connectivity index (χ4n) is 2.65. The summed E-state index contributed by atoms with van der Waals surface area (Å²) < 4.78 is 1.88. The zero-order valence-electron chi connectivity index (χ0n) is 16.7. The second-order valence-electron chi connectivity index (χ2n) is 7.51. The number of anilines is 1. The molecule has 6 nitrogen and oxygen atoms in total. The van der Waals surface area contributed by atoms with Gasteiger partial charge in [-0.1, -0.05) is 13.8 Å². The molecule has 26 heavy (non-hydrogen) atoms. The summed E-state index contributed by atoms with van der Waals surface area (Å²) in [5, 5.41) is 16.4. The lowest BCUT2D eigenvalue weighted by Crippen LogP contribution is -2.19. The third-order valence-corrected chi connectivity index (χ3v) is 4.09. The summed E-state index contributed by atoms with van der Waals surface area (Å²) in [6.45, 7) is 13.6. The van der Waals surface area contributed by atoms with Gasteiger partial charge in [-0.3, -0.25) is 9.48 Å². The number of carbonyl (C=O) groups is 1. The Hall–Kier alpha value is -2.50. The van der Waals surface area contributed by atoms with Gasteiger partial charge in [0.25, 0.3) is 0 Å². The van der Waals surface area contributed by atoms with Crippen LogP contribution in [0.5, 0.6) is 0 Å². The predicted octanol–water partition coefficient (Wildman–Crippen LogP) is 4.57. The summed E-state index contributed by atoms with van der Waals surface area (Å²) in [5.41, 5.74) is 3.32. The first kappa shape index (κ1) is 19.8. The number of carbonyl (C=O) groups excluding carboxylic acids is 1. The Morgan fingerprint density at radius 2 is 1.85 bits per heavy atom. The quantitative estimate of drug-likeness (QED) is 0.563. The van der Waals surface area contributed by atoms with Gasteiger partial charge in [0.05, 0.1) is 6.20 Å². The Balaban J connectivity index is 2.77. The van der Waals surface area contributed by atoms with Crippen LogP contribution in [0.15, 0.2) is 18.5 Å². The maximum absolute atomic E-state index is 12.0. The van der Waals surface area contributed by atoms with Crippen LogP contribution in [0.3, 0.4) is 0 Å². The molecule has 2 N–H and O–H groups in total. The van der Waals surface area contributed by atoms with E-state index in [1.165, 1.54) is 6.92 Å². The molecule has 0 saturated carbocycles. The van der Waals surface area contributed by atoms with Crippen LogP contribution in [-0.4, -0.2) is 32.3 Å². The van der Waals surface area contributed by atoms with Gasteiger partial charge >= 0.3 is 0 Å². The lowest BCUT2D eigenvalue weighted by atomic mass is 9.92. The molecule has 0 radical (unpaired) electrons. The molecule has 6 heteroatoms. The van der Waals surface area contributed by atoms with E-state index in [0.29, 0.717) is 17.2 Å². The van der Waals surface area contributed by atoms with Crippen molar-refractivity contribution in [1.29, 1.82) is 5.41 Å². The van der Waals surface area contributed by atoms with Gasteiger partial charge in [0.1, 0.15) is 11.5 Å². The second-order valence-corrected chi connectivity index (χ2v) is 7.51. The van der Waals surface area contributed by atoms with Crippen LogP contribution in [0.1, 0.15) is 70.6 Å². The van der Waals surface area contributed by atoms with Crippen molar-refractivity contribution in [3.63, 3.8) is 0 Å². The van der Waals surface area contributed by atoms with Gasteiger partial charge in [-0.2, -0.15) is 5.10 Å². The van der Waals surface area contributed by atoms with Crippen molar-refractivity contribution in [2.45, 2.75) is 60.5 Å². The highest BCUT2D eigenvalue weighted by Gasteiger charge is 2.22. The number of rotatable bonds is 7. The van der Waals surface area contributed by atoms with E-state index in [1.54, 1.807) is 12.3 Å². The molecule has 2 aromatic rings. The summed E-state index contributed by atoms with van der Waals surface area (Å²) >= 11 is 0. The van der Waals surface area contributed by atoms with E-state index in [0.717, 1.165) is 16.7 Å². The Morgan fingerprint density at radius 1 is 1.19 bits per heavy atom. The number of hydrogen-bond donors (Lipinski definition) is 2.